The molecule has 1 aromatic rings. The van der Waals surface area contributed by atoms with Crippen LogP contribution < -0.4 is 5.73 Å². The second-order valence-corrected chi connectivity index (χ2v) is 4.12. The zero-order valence-corrected chi connectivity index (χ0v) is 9.22. The molecule has 1 heterocycles. The average molecular weight is 262 g/mol. The van der Waals surface area contributed by atoms with E-state index in [4.69, 9.17) is 5.73 Å². The van der Waals surface area contributed by atoms with Crippen molar-refractivity contribution in [3.63, 3.8) is 0 Å². The van der Waals surface area contributed by atoms with E-state index in [9.17, 15) is 22.4 Å². The van der Waals surface area contributed by atoms with Crippen molar-refractivity contribution in [2.75, 3.05) is 12.3 Å². The van der Waals surface area contributed by atoms with E-state index in [1.807, 2.05) is 0 Å². The van der Waals surface area contributed by atoms with Crippen molar-refractivity contribution in [1.29, 1.82) is 0 Å². The molecule has 0 unspecified atom stereocenters. The Morgan fingerprint density at radius 2 is 1.94 bits per heavy atom. The number of anilines is 1. The normalized spacial score (nSPS) is 15.4. The van der Waals surface area contributed by atoms with E-state index in [0.717, 1.165) is 0 Å². The molecular formula is C11H10F4N2O. The number of amides is 1. The fourth-order valence-electron chi connectivity index (χ4n) is 1.95. The maximum Gasteiger partial charge on any atom is 0.471 e. The fourth-order valence-corrected chi connectivity index (χ4v) is 1.95. The molecule has 2 rings (SSSR count). The first kappa shape index (κ1) is 12.7. The molecule has 1 aliphatic heterocycles. The van der Waals surface area contributed by atoms with Gasteiger partial charge < -0.3 is 10.6 Å². The first-order chi connectivity index (χ1) is 8.29. The molecule has 1 amide bonds. The third kappa shape index (κ3) is 2.25. The average Bonchev–Trinajstić information content (AvgIpc) is 2.28. The van der Waals surface area contributed by atoms with Crippen molar-refractivity contribution in [1.82, 2.24) is 4.90 Å². The summed E-state index contributed by atoms with van der Waals surface area (Å²) in [4.78, 5) is 11.8. The summed E-state index contributed by atoms with van der Waals surface area (Å²) in [6.45, 7) is -0.271. The molecule has 0 bridgehead atoms. The minimum atomic E-state index is -4.89. The third-order valence-corrected chi connectivity index (χ3v) is 2.86. The minimum Gasteiger partial charge on any atom is -0.396 e. The number of carbonyl (C=O) groups is 1. The van der Waals surface area contributed by atoms with Gasteiger partial charge in [0.2, 0.25) is 0 Å². The Morgan fingerprint density at radius 1 is 1.28 bits per heavy atom. The highest BCUT2D eigenvalue weighted by molar-refractivity contribution is 5.82. The molecule has 0 atom stereocenters. The van der Waals surface area contributed by atoms with Gasteiger partial charge >= 0.3 is 12.1 Å². The first-order valence-electron chi connectivity index (χ1n) is 5.22. The summed E-state index contributed by atoms with van der Waals surface area (Å²) < 4.78 is 50.0. The lowest BCUT2D eigenvalue weighted by Crippen LogP contribution is -2.43. The molecule has 7 heteroatoms. The van der Waals surface area contributed by atoms with Crippen LogP contribution >= 0.6 is 0 Å². The molecule has 98 valence electrons. The van der Waals surface area contributed by atoms with Gasteiger partial charge in [-0.05, 0) is 29.7 Å². The van der Waals surface area contributed by atoms with Gasteiger partial charge in [0, 0.05) is 13.1 Å². The molecule has 0 radical (unpaired) electrons. The van der Waals surface area contributed by atoms with Crippen LogP contribution in [0.5, 0.6) is 0 Å². The molecular weight excluding hydrogens is 252 g/mol. The Labute approximate surface area is 100 Å². The summed E-state index contributed by atoms with van der Waals surface area (Å²) in [7, 11) is 0. The monoisotopic (exact) mass is 262 g/mol. The SMILES string of the molecule is Nc1cc2c(cc1F)CCN(C(=O)C(F)(F)F)C2. The molecule has 3 nitrogen and oxygen atoms in total. The van der Waals surface area contributed by atoms with E-state index < -0.39 is 17.9 Å². The molecule has 0 spiro atoms. The van der Waals surface area contributed by atoms with Crippen molar-refractivity contribution in [2.24, 2.45) is 0 Å². The van der Waals surface area contributed by atoms with Crippen molar-refractivity contribution < 1.29 is 22.4 Å². The largest absolute Gasteiger partial charge is 0.471 e. The molecule has 0 fully saturated rings. The highest BCUT2D eigenvalue weighted by atomic mass is 19.4. The number of nitrogens with two attached hydrogens (primary N) is 1. The highest BCUT2D eigenvalue weighted by Crippen LogP contribution is 2.27. The molecule has 1 aromatic carbocycles. The van der Waals surface area contributed by atoms with Crippen molar-refractivity contribution in [3.8, 4) is 0 Å². The van der Waals surface area contributed by atoms with Gasteiger partial charge in [0.25, 0.3) is 0 Å². The number of carbonyl (C=O) groups excluding carboxylic acids is 1. The Balaban J connectivity index is 2.25. The number of hydrogen-bond acceptors (Lipinski definition) is 2. The van der Waals surface area contributed by atoms with Gasteiger partial charge in [-0.25, -0.2) is 4.39 Å². The van der Waals surface area contributed by atoms with Crippen molar-refractivity contribution in [3.05, 3.63) is 29.1 Å². The Hall–Kier alpha value is -1.79. The summed E-state index contributed by atoms with van der Waals surface area (Å²) in [5.74, 6) is -2.47. The van der Waals surface area contributed by atoms with Gasteiger partial charge in [0.15, 0.2) is 0 Å². The quantitative estimate of drug-likeness (QED) is 0.573. The molecule has 0 saturated carbocycles. The highest BCUT2D eigenvalue weighted by Gasteiger charge is 2.43. The van der Waals surface area contributed by atoms with E-state index in [1.54, 1.807) is 0 Å². The van der Waals surface area contributed by atoms with Gasteiger partial charge in [0.1, 0.15) is 5.82 Å². The predicted molar refractivity (Wildman–Crippen MR) is 56.0 cm³/mol. The van der Waals surface area contributed by atoms with Crippen LogP contribution in [0.15, 0.2) is 12.1 Å². The number of halogens is 4. The van der Waals surface area contributed by atoms with Crippen molar-refractivity contribution >= 4 is 11.6 Å². The molecule has 0 aromatic heterocycles. The lowest BCUT2D eigenvalue weighted by molar-refractivity contribution is -0.186. The first-order valence-corrected chi connectivity index (χ1v) is 5.22. The molecule has 0 aliphatic carbocycles. The summed E-state index contributed by atoms with van der Waals surface area (Å²) in [6, 6.07) is 2.49. The smallest absolute Gasteiger partial charge is 0.396 e. The van der Waals surface area contributed by atoms with Crippen LogP contribution in [0.25, 0.3) is 0 Å². The summed E-state index contributed by atoms with van der Waals surface area (Å²) >= 11 is 0. The van der Waals surface area contributed by atoms with Crippen LogP contribution in [0, 0.1) is 5.82 Å². The lowest BCUT2D eigenvalue weighted by atomic mass is 9.98. The number of alkyl halides is 3. The predicted octanol–water partition coefficient (Wildman–Crippen LogP) is 1.85. The van der Waals surface area contributed by atoms with Crippen LogP contribution in [0.4, 0.5) is 23.2 Å². The van der Waals surface area contributed by atoms with Crippen molar-refractivity contribution in [2.45, 2.75) is 19.1 Å². The van der Waals surface area contributed by atoms with Gasteiger partial charge in [-0.3, -0.25) is 4.79 Å². The van der Waals surface area contributed by atoms with Gasteiger partial charge in [0.05, 0.1) is 5.69 Å². The second-order valence-electron chi connectivity index (χ2n) is 4.12. The fraction of sp³-hybridized carbons (Fsp3) is 0.364. The van der Waals surface area contributed by atoms with E-state index in [-0.39, 0.29) is 25.2 Å². The summed E-state index contributed by atoms with van der Waals surface area (Å²) in [5.41, 5.74) is 6.27. The number of hydrogen-bond donors (Lipinski definition) is 1. The van der Waals surface area contributed by atoms with Crippen LogP contribution in [-0.4, -0.2) is 23.5 Å². The number of rotatable bonds is 0. The maximum absolute atomic E-state index is 13.2. The van der Waals surface area contributed by atoms with Gasteiger partial charge in [-0.2, -0.15) is 13.2 Å². The van der Waals surface area contributed by atoms with Gasteiger partial charge in [-0.1, -0.05) is 0 Å². The van der Waals surface area contributed by atoms with Gasteiger partial charge in [-0.15, -0.1) is 0 Å². The lowest BCUT2D eigenvalue weighted by Gasteiger charge is -2.29. The molecule has 2 N–H and O–H groups in total. The molecule has 1 aliphatic rings. The molecule has 0 saturated heterocycles. The van der Waals surface area contributed by atoms with E-state index >= 15 is 0 Å². The maximum atomic E-state index is 13.2. The second kappa shape index (κ2) is 4.15. The Bertz CT molecular complexity index is 499. The number of nitrogens with zero attached hydrogens (tertiary/aromatic N) is 1. The van der Waals surface area contributed by atoms with Crippen LogP contribution in [0.2, 0.25) is 0 Å². The summed E-state index contributed by atoms with van der Waals surface area (Å²) in [5, 5.41) is 0. The molecule has 18 heavy (non-hydrogen) atoms. The Kier molecular flexibility index (Phi) is 2.92. The Morgan fingerprint density at radius 3 is 2.56 bits per heavy atom. The standard InChI is InChI=1S/C11H10F4N2O/c12-8-3-6-1-2-17(10(18)11(13,14)15)5-7(6)4-9(8)16/h3-4H,1-2,5,16H2. The van der Waals surface area contributed by atoms with Crippen LogP contribution in [0.3, 0.4) is 0 Å². The zero-order valence-electron chi connectivity index (χ0n) is 9.22. The van der Waals surface area contributed by atoms with E-state index in [0.29, 0.717) is 16.0 Å². The van der Waals surface area contributed by atoms with Crippen LogP contribution in [0.1, 0.15) is 11.1 Å². The van der Waals surface area contributed by atoms with E-state index in [2.05, 4.69) is 0 Å². The zero-order chi connectivity index (χ0) is 13.5. The summed E-state index contributed by atoms with van der Waals surface area (Å²) in [6.07, 6.45) is -4.70. The van der Waals surface area contributed by atoms with Crippen LogP contribution in [-0.2, 0) is 17.8 Å². The third-order valence-electron chi connectivity index (χ3n) is 2.86. The minimum absolute atomic E-state index is 0.0747. The number of fused-ring (bicyclic) bond motifs is 1. The number of benzene rings is 1. The number of nitrogen functional groups attached to an aromatic ring is 1. The van der Waals surface area contributed by atoms with E-state index in [1.165, 1.54) is 12.1 Å². The topological polar surface area (TPSA) is 46.3 Å².